The Balaban J connectivity index is 2.02. The average Bonchev–Trinajstić information content (AvgIpc) is 2.86. The lowest BCUT2D eigenvalue weighted by atomic mass is 10.2. The van der Waals surface area contributed by atoms with Gasteiger partial charge in [0.25, 0.3) is 0 Å². The second-order valence-electron chi connectivity index (χ2n) is 4.82. The van der Waals surface area contributed by atoms with Gasteiger partial charge in [-0.05, 0) is 23.8 Å². The Hall–Kier alpha value is -2.62. The number of hydrogen-bond donors (Lipinski definition) is 0. The van der Waals surface area contributed by atoms with Crippen molar-refractivity contribution in [2.24, 2.45) is 0 Å². The minimum Gasteiger partial charge on any atom is -0.494 e. The number of carbonyl (C=O) groups is 1. The number of aldehydes is 1. The molecule has 0 saturated heterocycles. The average molecular weight is 283 g/mol. The van der Waals surface area contributed by atoms with Crippen molar-refractivity contribution in [1.29, 1.82) is 0 Å². The Bertz CT molecular complexity index is 808. The summed E-state index contributed by atoms with van der Waals surface area (Å²) in [4.78, 5) is 11.1. The Morgan fingerprint density at radius 1 is 1.24 bits per heavy atom. The van der Waals surface area contributed by atoms with Gasteiger partial charge < -0.3 is 9.30 Å². The molecule has 0 bridgehead atoms. The first-order valence-corrected chi connectivity index (χ1v) is 6.58. The van der Waals surface area contributed by atoms with Crippen molar-refractivity contribution in [3.05, 3.63) is 65.6 Å². The van der Waals surface area contributed by atoms with Gasteiger partial charge in [-0.3, -0.25) is 4.79 Å². The van der Waals surface area contributed by atoms with Gasteiger partial charge in [-0.25, -0.2) is 4.39 Å². The van der Waals surface area contributed by atoms with Crippen molar-refractivity contribution < 1.29 is 13.9 Å². The second-order valence-corrected chi connectivity index (χ2v) is 4.82. The molecule has 0 aliphatic heterocycles. The first kappa shape index (κ1) is 13.4. The number of benzene rings is 2. The highest BCUT2D eigenvalue weighted by Crippen LogP contribution is 2.23. The molecule has 3 nitrogen and oxygen atoms in total. The molecular formula is C17H14FNO2. The van der Waals surface area contributed by atoms with Crippen molar-refractivity contribution in [1.82, 2.24) is 4.57 Å². The minimum absolute atomic E-state index is 0.227. The van der Waals surface area contributed by atoms with Gasteiger partial charge in [0.1, 0.15) is 0 Å². The molecule has 0 fully saturated rings. The number of fused-ring (bicyclic) bond motifs is 1. The van der Waals surface area contributed by atoms with Crippen molar-refractivity contribution >= 4 is 17.2 Å². The molecule has 3 aromatic rings. The van der Waals surface area contributed by atoms with E-state index in [1.165, 1.54) is 13.2 Å². The van der Waals surface area contributed by atoms with E-state index in [9.17, 15) is 9.18 Å². The van der Waals surface area contributed by atoms with Gasteiger partial charge in [0, 0.05) is 29.2 Å². The Kier molecular flexibility index (Phi) is 3.44. The Morgan fingerprint density at radius 3 is 2.76 bits per heavy atom. The summed E-state index contributed by atoms with van der Waals surface area (Å²) in [5, 5.41) is 0.904. The number of ether oxygens (including phenoxy) is 1. The van der Waals surface area contributed by atoms with Crippen molar-refractivity contribution in [3.63, 3.8) is 0 Å². The topological polar surface area (TPSA) is 31.2 Å². The number of halogens is 1. The van der Waals surface area contributed by atoms with Gasteiger partial charge in [0.2, 0.25) is 0 Å². The van der Waals surface area contributed by atoms with E-state index in [4.69, 9.17) is 4.74 Å². The molecule has 1 aromatic heterocycles. The molecule has 0 spiro atoms. The quantitative estimate of drug-likeness (QED) is 0.684. The number of rotatable bonds is 4. The smallest absolute Gasteiger partial charge is 0.165 e. The largest absolute Gasteiger partial charge is 0.494 e. The number of aromatic nitrogens is 1. The standard InChI is InChI=1S/C17H14FNO2/c1-21-17-7-6-12(8-15(17)18)9-19-10-13(11-20)14-4-2-3-5-16(14)19/h2-8,10-11H,9H2,1H3. The van der Waals surface area contributed by atoms with E-state index < -0.39 is 0 Å². The summed E-state index contributed by atoms with van der Waals surface area (Å²) in [5.74, 6) is -0.160. The van der Waals surface area contributed by atoms with Crippen LogP contribution in [0, 0.1) is 5.82 Å². The first-order valence-electron chi connectivity index (χ1n) is 6.58. The molecule has 0 aliphatic rings. The predicted octanol–water partition coefficient (Wildman–Crippen LogP) is 3.65. The van der Waals surface area contributed by atoms with Crippen LogP contribution in [0.25, 0.3) is 10.9 Å². The number of methoxy groups -OCH3 is 1. The van der Waals surface area contributed by atoms with Gasteiger partial charge in [0.05, 0.1) is 7.11 Å². The Morgan fingerprint density at radius 2 is 2.05 bits per heavy atom. The van der Waals surface area contributed by atoms with E-state index in [1.807, 2.05) is 34.9 Å². The molecule has 0 unspecified atom stereocenters. The summed E-state index contributed by atoms with van der Waals surface area (Å²) in [7, 11) is 1.44. The summed E-state index contributed by atoms with van der Waals surface area (Å²) in [6.45, 7) is 0.495. The maximum atomic E-state index is 13.7. The van der Waals surface area contributed by atoms with Crippen LogP contribution in [-0.4, -0.2) is 18.0 Å². The van der Waals surface area contributed by atoms with Crippen LogP contribution >= 0.6 is 0 Å². The molecule has 0 radical (unpaired) electrons. The molecule has 106 valence electrons. The van der Waals surface area contributed by atoms with Crippen molar-refractivity contribution in [2.45, 2.75) is 6.54 Å². The lowest BCUT2D eigenvalue weighted by Crippen LogP contribution is -1.99. The molecular weight excluding hydrogens is 269 g/mol. The zero-order valence-electron chi connectivity index (χ0n) is 11.5. The van der Waals surface area contributed by atoms with Crippen LogP contribution in [0.15, 0.2) is 48.7 Å². The van der Waals surface area contributed by atoms with E-state index in [0.29, 0.717) is 12.1 Å². The molecule has 1 heterocycles. The van der Waals surface area contributed by atoms with E-state index >= 15 is 0 Å². The SMILES string of the molecule is COc1ccc(Cn2cc(C=O)c3ccccc32)cc1F. The van der Waals surface area contributed by atoms with Crippen LogP contribution in [0.3, 0.4) is 0 Å². The third-order valence-electron chi connectivity index (χ3n) is 3.52. The van der Waals surface area contributed by atoms with Crippen LogP contribution in [-0.2, 0) is 6.54 Å². The fourth-order valence-corrected chi connectivity index (χ4v) is 2.50. The summed E-state index contributed by atoms with van der Waals surface area (Å²) in [5.41, 5.74) is 2.40. The lowest BCUT2D eigenvalue weighted by Gasteiger charge is -2.07. The van der Waals surface area contributed by atoms with Gasteiger partial charge in [0.15, 0.2) is 17.9 Å². The third kappa shape index (κ3) is 2.40. The van der Waals surface area contributed by atoms with E-state index in [0.717, 1.165) is 22.8 Å². The maximum Gasteiger partial charge on any atom is 0.165 e. The van der Waals surface area contributed by atoms with E-state index in [1.54, 1.807) is 12.3 Å². The van der Waals surface area contributed by atoms with Gasteiger partial charge in [-0.1, -0.05) is 24.3 Å². The molecule has 4 heteroatoms. The van der Waals surface area contributed by atoms with E-state index in [2.05, 4.69) is 0 Å². The number of carbonyl (C=O) groups excluding carboxylic acids is 1. The van der Waals surface area contributed by atoms with Crippen molar-refractivity contribution in [2.75, 3.05) is 7.11 Å². The van der Waals surface area contributed by atoms with Crippen LogP contribution in [0.5, 0.6) is 5.75 Å². The lowest BCUT2D eigenvalue weighted by molar-refractivity contribution is 0.112. The number of nitrogens with zero attached hydrogens (tertiary/aromatic N) is 1. The fourth-order valence-electron chi connectivity index (χ4n) is 2.50. The summed E-state index contributed by atoms with van der Waals surface area (Å²) >= 11 is 0. The predicted molar refractivity (Wildman–Crippen MR) is 79.4 cm³/mol. The highest BCUT2D eigenvalue weighted by Gasteiger charge is 2.09. The van der Waals surface area contributed by atoms with Crippen LogP contribution in [0.1, 0.15) is 15.9 Å². The maximum absolute atomic E-state index is 13.7. The summed E-state index contributed by atoms with van der Waals surface area (Å²) < 4.78 is 20.6. The molecule has 0 N–H and O–H groups in total. The summed E-state index contributed by atoms with van der Waals surface area (Å²) in [6.07, 6.45) is 2.63. The van der Waals surface area contributed by atoms with Crippen molar-refractivity contribution in [3.8, 4) is 5.75 Å². The molecule has 0 amide bonds. The van der Waals surface area contributed by atoms with Gasteiger partial charge in [-0.2, -0.15) is 0 Å². The van der Waals surface area contributed by atoms with Crippen LogP contribution in [0.4, 0.5) is 4.39 Å². The second kappa shape index (κ2) is 5.40. The zero-order chi connectivity index (χ0) is 14.8. The highest BCUT2D eigenvalue weighted by molar-refractivity contribution is 5.97. The van der Waals surface area contributed by atoms with Gasteiger partial charge in [-0.15, -0.1) is 0 Å². The van der Waals surface area contributed by atoms with E-state index in [-0.39, 0.29) is 11.6 Å². The monoisotopic (exact) mass is 283 g/mol. The van der Waals surface area contributed by atoms with Crippen LogP contribution < -0.4 is 4.74 Å². The molecule has 0 saturated carbocycles. The number of para-hydroxylation sites is 1. The molecule has 21 heavy (non-hydrogen) atoms. The third-order valence-corrected chi connectivity index (χ3v) is 3.52. The zero-order valence-corrected chi connectivity index (χ0v) is 11.5. The summed E-state index contributed by atoms with van der Waals surface area (Å²) in [6, 6.07) is 12.5. The molecule has 3 rings (SSSR count). The minimum atomic E-state index is -0.387. The molecule has 0 atom stereocenters. The fraction of sp³-hybridized carbons (Fsp3) is 0.118. The molecule has 0 aliphatic carbocycles. The molecule has 2 aromatic carbocycles. The first-order chi connectivity index (χ1) is 10.2. The van der Waals surface area contributed by atoms with Crippen LogP contribution in [0.2, 0.25) is 0 Å². The number of hydrogen-bond acceptors (Lipinski definition) is 2. The highest BCUT2D eigenvalue weighted by atomic mass is 19.1. The Labute approximate surface area is 121 Å². The van der Waals surface area contributed by atoms with Gasteiger partial charge >= 0.3 is 0 Å². The normalized spacial score (nSPS) is 10.8.